The van der Waals surface area contributed by atoms with E-state index >= 15 is 0 Å². The maximum Gasteiger partial charge on any atom is 0.353 e. The third kappa shape index (κ3) is 3.60. The fourth-order valence-electron chi connectivity index (χ4n) is 1.88. The number of rotatable bonds is 5. The first kappa shape index (κ1) is 15.7. The van der Waals surface area contributed by atoms with E-state index in [1.165, 1.54) is 6.33 Å². The summed E-state index contributed by atoms with van der Waals surface area (Å²) < 4.78 is 0.797. The molecule has 0 aliphatic carbocycles. The molecule has 3 rings (SSSR count). The van der Waals surface area contributed by atoms with Crippen molar-refractivity contribution in [2.45, 2.75) is 0 Å². The van der Waals surface area contributed by atoms with Crippen molar-refractivity contribution in [3.63, 3.8) is 0 Å². The standard InChI is InChI=1S/C14H10BrN7O2/c15-9-1-2-11(17-7-9)21-14-12(22(23)24)13(18-8-19-14)20-10-3-5-16-6-4-10/h1-8H,(H2,16,17,18,19,20,21). The van der Waals surface area contributed by atoms with Gasteiger partial charge < -0.3 is 10.6 Å². The highest BCUT2D eigenvalue weighted by atomic mass is 79.9. The molecule has 0 aliphatic heterocycles. The van der Waals surface area contributed by atoms with Gasteiger partial charge in [0.25, 0.3) is 0 Å². The van der Waals surface area contributed by atoms with Gasteiger partial charge in [0.1, 0.15) is 12.1 Å². The van der Waals surface area contributed by atoms with Crippen LogP contribution in [0.15, 0.2) is 53.7 Å². The van der Waals surface area contributed by atoms with Crippen LogP contribution < -0.4 is 10.6 Å². The maximum absolute atomic E-state index is 11.5. The molecule has 10 heteroatoms. The van der Waals surface area contributed by atoms with E-state index in [4.69, 9.17) is 0 Å². The molecule has 0 bridgehead atoms. The second-order valence-corrected chi connectivity index (χ2v) is 5.44. The van der Waals surface area contributed by atoms with Crippen LogP contribution in [0.3, 0.4) is 0 Å². The molecule has 0 fully saturated rings. The summed E-state index contributed by atoms with van der Waals surface area (Å²) in [5.74, 6) is 0.539. The van der Waals surface area contributed by atoms with Crippen molar-refractivity contribution in [1.82, 2.24) is 19.9 Å². The van der Waals surface area contributed by atoms with E-state index in [0.29, 0.717) is 11.5 Å². The minimum Gasteiger partial charge on any atom is -0.334 e. The fraction of sp³-hybridized carbons (Fsp3) is 0. The molecule has 2 N–H and O–H groups in total. The molecule has 3 aromatic heterocycles. The zero-order chi connectivity index (χ0) is 16.9. The summed E-state index contributed by atoms with van der Waals surface area (Å²) in [6.07, 6.45) is 5.95. The van der Waals surface area contributed by atoms with Crippen molar-refractivity contribution in [1.29, 1.82) is 0 Å². The molecule has 0 aliphatic rings. The number of anilines is 4. The zero-order valence-electron chi connectivity index (χ0n) is 12.0. The summed E-state index contributed by atoms with van der Waals surface area (Å²) in [7, 11) is 0. The summed E-state index contributed by atoms with van der Waals surface area (Å²) in [5.41, 5.74) is 0.346. The van der Waals surface area contributed by atoms with Crippen LogP contribution >= 0.6 is 15.9 Å². The molecule has 0 amide bonds. The second kappa shape index (κ2) is 6.96. The third-order valence-electron chi connectivity index (χ3n) is 2.92. The molecular weight excluding hydrogens is 378 g/mol. The van der Waals surface area contributed by atoms with Crippen LogP contribution in [0, 0.1) is 10.1 Å². The van der Waals surface area contributed by atoms with Crippen LogP contribution in [0.1, 0.15) is 0 Å². The van der Waals surface area contributed by atoms with Gasteiger partial charge in [-0.1, -0.05) is 0 Å². The summed E-state index contributed by atoms with van der Waals surface area (Å²) in [4.78, 5) is 26.9. The molecule has 3 heterocycles. The van der Waals surface area contributed by atoms with E-state index in [9.17, 15) is 10.1 Å². The molecule has 0 radical (unpaired) electrons. The van der Waals surface area contributed by atoms with Crippen LogP contribution in [0.5, 0.6) is 0 Å². The van der Waals surface area contributed by atoms with Crippen molar-refractivity contribution in [2.24, 2.45) is 0 Å². The van der Waals surface area contributed by atoms with E-state index in [1.807, 2.05) is 0 Å². The van der Waals surface area contributed by atoms with E-state index in [1.54, 1.807) is 42.9 Å². The Morgan fingerprint density at radius 1 is 1.00 bits per heavy atom. The van der Waals surface area contributed by atoms with Gasteiger partial charge in [-0.15, -0.1) is 0 Å². The van der Waals surface area contributed by atoms with Gasteiger partial charge in [-0.05, 0) is 40.2 Å². The first-order chi connectivity index (χ1) is 11.6. The van der Waals surface area contributed by atoms with Gasteiger partial charge in [-0.3, -0.25) is 15.1 Å². The first-order valence-corrected chi connectivity index (χ1v) is 7.48. The summed E-state index contributed by atoms with van der Waals surface area (Å²) >= 11 is 3.28. The number of nitrogens with one attached hydrogen (secondary N) is 2. The Kier molecular flexibility index (Phi) is 4.57. The lowest BCUT2D eigenvalue weighted by Gasteiger charge is -2.09. The van der Waals surface area contributed by atoms with Gasteiger partial charge in [0, 0.05) is 28.8 Å². The first-order valence-electron chi connectivity index (χ1n) is 6.68. The van der Waals surface area contributed by atoms with Crippen molar-refractivity contribution in [2.75, 3.05) is 10.6 Å². The molecule has 24 heavy (non-hydrogen) atoms. The quantitative estimate of drug-likeness (QED) is 0.504. The molecule has 0 spiro atoms. The molecule has 120 valence electrons. The number of halogens is 1. The Balaban J connectivity index is 1.96. The van der Waals surface area contributed by atoms with Gasteiger partial charge in [0.2, 0.25) is 11.6 Å². The van der Waals surface area contributed by atoms with Crippen LogP contribution in [-0.4, -0.2) is 24.9 Å². The third-order valence-corrected chi connectivity index (χ3v) is 3.39. The van der Waals surface area contributed by atoms with E-state index < -0.39 is 4.92 Å². The maximum atomic E-state index is 11.5. The molecule has 0 atom stereocenters. The molecule has 0 saturated heterocycles. The monoisotopic (exact) mass is 387 g/mol. The van der Waals surface area contributed by atoms with Crippen LogP contribution in [0.25, 0.3) is 0 Å². The summed E-state index contributed by atoms with van der Waals surface area (Å²) in [6.45, 7) is 0. The fourth-order valence-corrected chi connectivity index (χ4v) is 2.11. The molecule has 9 nitrogen and oxygen atoms in total. The Bertz CT molecular complexity index is 859. The average molecular weight is 388 g/mol. The van der Waals surface area contributed by atoms with Crippen molar-refractivity contribution >= 4 is 44.8 Å². The minimum atomic E-state index is -0.551. The van der Waals surface area contributed by atoms with E-state index in [2.05, 4.69) is 46.5 Å². The topological polar surface area (TPSA) is 119 Å². The van der Waals surface area contributed by atoms with Gasteiger partial charge >= 0.3 is 5.69 Å². The summed E-state index contributed by atoms with van der Waals surface area (Å²) in [5, 5.41) is 17.2. The Labute approximate surface area is 144 Å². The lowest BCUT2D eigenvalue weighted by molar-refractivity contribution is -0.383. The van der Waals surface area contributed by atoms with Gasteiger partial charge in [0.15, 0.2) is 0 Å². The van der Waals surface area contributed by atoms with Gasteiger partial charge in [0.05, 0.1) is 4.92 Å². The number of hydrogen-bond donors (Lipinski definition) is 2. The van der Waals surface area contributed by atoms with Crippen molar-refractivity contribution in [3.05, 3.63) is 63.8 Å². The average Bonchev–Trinajstić information content (AvgIpc) is 2.58. The van der Waals surface area contributed by atoms with Crippen LogP contribution in [-0.2, 0) is 0 Å². The van der Waals surface area contributed by atoms with Crippen LogP contribution in [0.4, 0.5) is 28.8 Å². The normalized spacial score (nSPS) is 10.2. The predicted octanol–water partition coefficient (Wildman–Crippen LogP) is 3.42. The van der Waals surface area contributed by atoms with E-state index in [0.717, 1.165) is 4.47 Å². The number of hydrogen-bond acceptors (Lipinski definition) is 8. The number of aromatic nitrogens is 4. The van der Waals surface area contributed by atoms with E-state index in [-0.39, 0.29) is 17.3 Å². The molecular formula is C14H10BrN7O2. The molecule has 0 saturated carbocycles. The highest BCUT2D eigenvalue weighted by Gasteiger charge is 2.23. The Morgan fingerprint density at radius 2 is 1.71 bits per heavy atom. The second-order valence-electron chi connectivity index (χ2n) is 4.52. The predicted molar refractivity (Wildman–Crippen MR) is 91.4 cm³/mol. The highest BCUT2D eigenvalue weighted by Crippen LogP contribution is 2.32. The molecule has 0 aromatic carbocycles. The lowest BCUT2D eigenvalue weighted by atomic mass is 10.3. The highest BCUT2D eigenvalue weighted by molar-refractivity contribution is 9.10. The largest absolute Gasteiger partial charge is 0.353 e. The smallest absolute Gasteiger partial charge is 0.334 e. The van der Waals surface area contributed by atoms with Gasteiger partial charge in [-0.2, -0.15) is 0 Å². The number of nitro groups is 1. The zero-order valence-corrected chi connectivity index (χ0v) is 13.6. The Hall–Kier alpha value is -3.14. The summed E-state index contributed by atoms with van der Waals surface area (Å²) in [6, 6.07) is 6.79. The van der Waals surface area contributed by atoms with Crippen LogP contribution in [0.2, 0.25) is 0 Å². The minimum absolute atomic E-state index is 0.0429. The van der Waals surface area contributed by atoms with Crippen molar-refractivity contribution in [3.8, 4) is 0 Å². The van der Waals surface area contributed by atoms with Crippen molar-refractivity contribution < 1.29 is 4.92 Å². The number of pyridine rings is 2. The lowest BCUT2D eigenvalue weighted by Crippen LogP contribution is -2.06. The molecule has 0 unspecified atom stereocenters. The molecule has 3 aromatic rings. The van der Waals surface area contributed by atoms with Gasteiger partial charge in [-0.25, -0.2) is 15.0 Å². The number of nitrogens with zero attached hydrogens (tertiary/aromatic N) is 5. The SMILES string of the molecule is O=[N+]([O-])c1c(Nc2ccncc2)ncnc1Nc1ccc(Br)cn1. The Morgan fingerprint density at radius 3 is 2.33 bits per heavy atom.